The highest BCUT2D eigenvalue weighted by Crippen LogP contribution is 2.56. The molecule has 0 aromatic heterocycles. The van der Waals surface area contributed by atoms with Gasteiger partial charge in [0, 0.05) is 21.4 Å². The Bertz CT molecular complexity index is 535. The van der Waals surface area contributed by atoms with Crippen LogP contribution >= 0.6 is 23.2 Å². The van der Waals surface area contributed by atoms with Crippen LogP contribution in [0.3, 0.4) is 0 Å². The van der Waals surface area contributed by atoms with Gasteiger partial charge in [-0.05, 0) is 17.7 Å². The van der Waals surface area contributed by atoms with E-state index in [1.807, 2.05) is 32.1 Å². The number of halogens is 2. The minimum atomic E-state index is -0.665. The zero-order chi connectivity index (χ0) is 14.9. The summed E-state index contributed by atoms with van der Waals surface area (Å²) in [5.74, 6) is 0.0739. The molecule has 108 valence electrons. The molecule has 0 heterocycles. The van der Waals surface area contributed by atoms with E-state index in [2.05, 4.69) is 4.74 Å². The Balaban J connectivity index is 2.10. The lowest BCUT2D eigenvalue weighted by atomic mass is 10.1. The first-order valence-electron chi connectivity index (χ1n) is 6.24. The van der Waals surface area contributed by atoms with Crippen molar-refractivity contribution in [2.75, 3.05) is 7.11 Å². The molecule has 0 aliphatic heterocycles. The van der Waals surface area contributed by atoms with Crippen LogP contribution in [0.4, 0.5) is 4.79 Å². The van der Waals surface area contributed by atoms with Gasteiger partial charge in [0.1, 0.15) is 6.10 Å². The zero-order valence-corrected chi connectivity index (χ0v) is 13.0. The third-order valence-corrected chi connectivity index (χ3v) is 4.24. The first-order valence-corrected chi connectivity index (χ1v) is 6.99. The van der Waals surface area contributed by atoms with Gasteiger partial charge in [0.25, 0.3) is 0 Å². The van der Waals surface area contributed by atoms with Crippen LogP contribution in [0.1, 0.15) is 19.4 Å². The van der Waals surface area contributed by atoms with E-state index < -0.39 is 6.16 Å². The molecule has 0 radical (unpaired) electrons. The second-order valence-electron chi connectivity index (χ2n) is 5.36. The fraction of sp³-hybridized carbons (Fsp3) is 0.400. The Hall–Kier alpha value is -1.19. The Labute approximate surface area is 128 Å². The summed E-state index contributed by atoms with van der Waals surface area (Å²) in [6, 6.07) is 7.28. The van der Waals surface area contributed by atoms with Gasteiger partial charge in [-0.1, -0.05) is 55.3 Å². The maximum Gasteiger partial charge on any atom is 0.508 e. The quantitative estimate of drug-likeness (QED) is 0.757. The molecule has 0 saturated heterocycles. The smallest absolute Gasteiger partial charge is 0.438 e. The van der Waals surface area contributed by atoms with Crippen molar-refractivity contribution >= 4 is 34.4 Å². The van der Waals surface area contributed by atoms with Gasteiger partial charge in [0.15, 0.2) is 0 Å². The van der Waals surface area contributed by atoms with E-state index in [1.54, 1.807) is 12.1 Å². The van der Waals surface area contributed by atoms with Crippen molar-refractivity contribution in [3.05, 3.63) is 40.9 Å². The van der Waals surface area contributed by atoms with Crippen LogP contribution in [0.25, 0.3) is 5.03 Å². The number of methoxy groups -OCH3 is 1. The number of carbonyl (C=O) groups is 1. The van der Waals surface area contributed by atoms with E-state index in [1.165, 1.54) is 7.11 Å². The second-order valence-corrected chi connectivity index (χ2v) is 6.20. The van der Waals surface area contributed by atoms with E-state index in [0.717, 1.165) is 5.56 Å². The minimum Gasteiger partial charge on any atom is -0.438 e. The average Bonchev–Trinajstić information content (AvgIpc) is 2.91. The lowest BCUT2D eigenvalue weighted by Crippen LogP contribution is -2.09. The molecular formula is C15H16Cl2O3. The van der Waals surface area contributed by atoms with Crippen molar-refractivity contribution in [1.82, 2.24) is 0 Å². The summed E-state index contributed by atoms with van der Waals surface area (Å²) in [5.41, 5.74) is 0.747. The second kappa shape index (κ2) is 5.66. The predicted molar refractivity (Wildman–Crippen MR) is 79.8 cm³/mol. The molecule has 2 unspecified atom stereocenters. The summed E-state index contributed by atoms with van der Waals surface area (Å²) in [6.45, 7) is 4.04. The van der Waals surface area contributed by atoms with Crippen molar-refractivity contribution in [2.45, 2.75) is 20.0 Å². The van der Waals surface area contributed by atoms with Gasteiger partial charge in [-0.15, -0.1) is 0 Å². The molecule has 1 saturated carbocycles. The first-order chi connectivity index (χ1) is 9.36. The van der Waals surface area contributed by atoms with Gasteiger partial charge in [-0.3, -0.25) is 0 Å². The van der Waals surface area contributed by atoms with Crippen LogP contribution in [0.2, 0.25) is 5.02 Å². The molecule has 0 amide bonds. The van der Waals surface area contributed by atoms with E-state index in [-0.39, 0.29) is 17.4 Å². The molecule has 20 heavy (non-hydrogen) atoms. The number of benzene rings is 1. The lowest BCUT2D eigenvalue weighted by Gasteiger charge is -2.02. The fourth-order valence-corrected chi connectivity index (χ4v) is 2.56. The van der Waals surface area contributed by atoms with E-state index >= 15 is 0 Å². The van der Waals surface area contributed by atoms with Gasteiger partial charge < -0.3 is 9.47 Å². The zero-order valence-electron chi connectivity index (χ0n) is 11.5. The van der Waals surface area contributed by atoms with Gasteiger partial charge in [-0.25, -0.2) is 4.79 Å². The molecule has 0 N–H and O–H groups in total. The van der Waals surface area contributed by atoms with Crippen molar-refractivity contribution in [3.8, 4) is 0 Å². The van der Waals surface area contributed by atoms with Gasteiger partial charge >= 0.3 is 6.16 Å². The van der Waals surface area contributed by atoms with Crippen LogP contribution in [0.5, 0.6) is 0 Å². The summed E-state index contributed by atoms with van der Waals surface area (Å²) in [5, 5.41) is 1.28. The van der Waals surface area contributed by atoms with Crippen molar-refractivity contribution in [1.29, 1.82) is 0 Å². The highest BCUT2D eigenvalue weighted by atomic mass is 35.5. The molecule has 1 fully saturated rings. The molecule has 2 rings (SSSR count). The first kappa shape index (κ1) is 15.2. The summed E-state index contributed by atoms with van der Waals surface area (Å²) >= 11 is 12.1. The molecule has 1 aliphatic carbocycles. The Morgan fingerprint density at radius 2 is 1.90 bits per heavy atom. The molecule has 0 bridgehead atoms. The number of hydrogen-bond acceptors (Lipinski definition) is 3. The van der Waals surface area contributed by atoms with E-state index in [4.69, 9.17) is 27.9 Å². The average molecular weight is 315 g/mol. The normalized spacial score (nSPS) is 24.1. The topological polar surface area (TPSA) is 35.5 Å². The maximum absolute atomic E-state index is 11.2. The molecular weight excluding hydrogens is 299 g/mol. The van der Waals surface area contributed by atoms with Crippen LogP contribution in [0, 0.1) is 11.3 Å². The van der Waals surface area contributed by atoms with Crippen molar-refractivity contribution < 1.29 is 14.3 Å². The van der Waals surface area contributed by atoms with Crippen LogP contribution < -0.4 is 0 Å². The minimum absolute atomic E-state index is 0.0739. The summed E-state index contributed by atoms with van der Waals surface area (Å²) in [6.07, 6.45) is 1.04. The van der Waals surface area contributed by atoms with E-state index in [0.29, 0.717) is 10.1 Å². The summed E-state index contributed by atoms with van der Waals surface area (Å²) < 4.78 is 9.72. The Morgan fingerprint density at radius 1 is 1.30 bits per heavy atom. The maximum atomic E-state index is 11.2. The van der Waals surface area contributed by atoms with Gasteiger partial charge in [0.2, 0.25) is 0 Å². The van der Waals surface area contributed by atoms with Crippen LogP contribution in [-0.4, -0.2) is 19.4 Å². The number of ether oxygens (including phenoxy) is 2. The predicted octanol–water partition coefficient (Wildman–Crippen LogP) is 4.73. The highest BCUT2D eigenvalue weighted by molar-refractivity contribution is 6.48. The molecule has 3 nitrogen and oxygen atoms in total. The summed E-state index contributed by atoms with van der Waals surface area (Å²) in [4.78, 5) is 11.2. The fourth-order valence-electron chi connectivity index (χ4n) is 2.17. The van der Waals surface area contributed by atoms with Crippen LogP contribution in [-0.2, 0) is 9.47 Å². The van der Waals surface area contributed by atoms with Crippen LogP contribution in [0.15, 0.2) is 30.3 Å². The van der Waals surface area contributed by atoms with Gasteiger partial charge in [0.05, 0.1) is 7.11 Å². The van der Waals surface area contributed by atoms with Crippen molar-refractivity contribution in [3.63, 3.8) is 0 Å². The number of hydrogen-bond donors (Lipinski definition) is 0. The molecule has 5 heteroatoms. The molecule has 1 aromatic rings. The number of rotatable bonds is 3. The number of carbonyl (C=O) groups excluding carboxylic acids is 1. The molecule has 1 aliphatic rings. The van der Waals surface area contributed by atoms with E-state index in [9.17, 15) is 4.79 Å². The SMILES string of the molecule is COC(=O)OC1C(C=C(Cl)c2ccc(Cl)cc2)C1(C)C. The highest BCUT2D eigenvalue weighted by Gasteiger charge is 2.60. The third-order valence-electron chi connectivity index (χ3n) is 3.65. The molecule has 1 aromatic carbocycles. The largest absolute Gasteiger partial charge is 0.508 e. The molecule has 2 atom stereocenters. The molecule has 0 spiro atoms. The Kier molecular flexibility index (Phi) is 4.31. The third kappa shape index (κ3) is 3.10. The van der Waals surface area contributed by atoms with Gasteiger partial charge in [-0.2, -0.15) is 0 Å². The lowest BCUT2D eigenvalue weighted by molar-refractivity contribution is 0.0562. The van der Waals surface area contributed by atoms with Crippen molar-refractivity contribution in [2.24, 2.45) is 11.3 Å². The Morgan fingerprint density at radius 3 is 2.45 bits per heavy atom. The summed E-state index contributed by atoms with van der Waals surface area (Å²) in [7, 11) is 1.29. The standard InChI is InChI=1S/C15H16Cl2O3/c1-15(2)11(13(15)20-14(18)19-3)8-12(17)9-4-6-10(16)7-5-9/h4-8,11,13H,1-3H3. The monoisotopic (exact) mass is 314 g/mol.